The zero-order chi connectivity index (χ0) is 14.4. The van der Waals surface area contributed by atoms with Gasteiger partial charge in [-0.05, 0) is 25.3 Å². The van der Waals surface area contributed by atoms with E-state index in [1.165, 1.54) is 19.3 Å². The summed E-state index contributed by atoms with van der Waals surface area (Å²) in [5.74, 6) is 0. The van der Waals surface area contributed by atoms with Gasteiger partial charge in [-0.15, -0.1) is 0 Å². The van der Waals surface area contributed by atoms with Gasteiger partial charge >= 0.3 is 0 Å². The molecule has 0 saturated carbocycles. The van der Waals surface area contributed by atoms with Crippen molar-refractivity contribution < 1.29 is 0 Å². The topological polar surface area (TPSA) is 38.1 Å². The molecular formula is C16H17N3OS. The molecule has 1 aromatic carbocycles. The summed E-state index contributed by atoms with van der Waals surface area (Å²) >= 11 is 1.64. The SMILES string of the molecule is Cn1c2ccccc2c2c(=O)nc(N3CCCCC3)sc21. The molecule has 4 rings (SSSR count). The van der Waals surface area contributed by atoms with E-state index in [0.29, 0.717) is 0 Å². The van der Waals surface area contributed by atoms with E-state index in [0.717, 1.165) is 39.3 Å². The average molecular weight is 299 g/mol. The maximum Gasteiger partial charge on any atom is 0.283 e. The molecule has 4 nitrogen and oxygen atoms in total. The van der Waals surface area contributed by atoms with E-state index in [1.807, 2.05) is 25.2 Å². The molecule has 3 heterocycles. The van der Waals surface area contributed by atoms with Gasteiger partial charge in [-0.3, -0.25) is 4.79 Å². The lowest BCUT2D eigenvalue weighted by Crippen LogP contribution is -2.30. The van der Waals surface area contributed by atoms with E-state index in [4.69, 9.17) is 0 Å². The number of aryl methyl sites for hydroxylation is 1. The second kappa shape index (κ2) is 4.84. The molecule has 0 unspecified atom stereocenters. The molecule has 2 aromatic heterocycles. The van der Waals surface area contributed by atoms with E-state index < -0.39 is 0 Å². The Morgan fingerprint density at radius 1 is 1.14 bits per heavy atom. The molecule has 0 N–H and O–H groups in total. The third-order valence-electron chi connectivity index (χ3n) is 4.28. The summed E-state index contributed by atoms with van der Waals surface area (Å²) in [5.41, 5.74) is 1.000. The van der Waals surface area contributed by atoms with Crippen LogP contribution in [0.1, 0.15) is 19.3 Å². The molecule has 0 spiro atoms. The summed E-state index contributed by atoms with van der Waals surface area (Å²) in [7, 11) is 2.03. The zero-order valence-electron chi connectivity index (χ0n) is 12.0. The molecule has 1 aliphatic rings. The van der Waals surface area contributed by atoms with Crippen LogP contribution in [0.2, 0.25) is 0 Å². The summed E-state index contributed by atoms with van der Waals surface area (Å²) in [6.45, 7) is 2.02. The molecule has 5 heteroatoms. The van der Waals surface area contributed by atoms with Crippen molar-refractivity contribution in [3.05, 3.63) is 34.6 Å². The molecule has 3 aromatic rings. The molecule has 1 aliphatic heterocycles. The number of nitrogens with zero attached hydrogens (tertiary/aromatic N) is 3. The van der Waals surface area contributed by atoms with E-state index in [2.05, 4.69) is 20.5 Å². The van der Waals surface area contributed by atoms with Crippen LogP contribution in [0.3, 0.4) is 0 Å². The number of piperidine rings is 1. The first-order valence-electron chi connectivity index (χ1n) is 7.39. The minimum Gasteiger partial charge on any atom is -0.348 e. The van der Waals surface area contributed by atoms with E-state index in [1.54, 1.807) is 11.3 Å². The monoisotopic (exact) mass is 299 g/mol. The lowest BCUT2D eigenvalue weighted by atomic mass is 10.1. The van der Waals surface area contributed by atoms with Crippen LogP contribution in [0.25, 0.3) is 21.1 Å². The molecule has 0 bridgehead atoms. The number of aromatic nitrogens is 2. The van der Waals surface area contributed by atoms with Crippen LogP contribution in [-0.4, -0.2) is 22.6 Å². The first-order chi connectivity index (χ1) is 10.3. The smallest absolute Gasteiger partial charge is 0.283 e. The molecule has 1 fully saturated rings. The summed E-state index contributed by atoms with van der Waals surface area (Å²) in [6.07, 6.45) is 3.66. The highest BCUT2D eigenvalue weighted by atomic mass is 32.1. The Balaban J connectivity index is 1.99. The van der Waals surface area contributed by atoms with E-state index in [9.17, 15) is 4.79 Å². The largest absolute Gasteiger partial charge is 0.348 e. The fourth-order valence-corrected chi connectivity index (χ4v) is 4.32. The number of rotatable bonds is 1. The van der Waals surface area contributed by atoms with Crippen LogP contribution < -0.4 is 10.5 Å². The van der Waals surface area contributed by atoms with Crippen molar-refractivity contribution in [2.24, 2.45) is 7.05 Å². The minimum absolute atomic E-state index is 0.0962. The van der Waals surface area contributed by atoms with Crippen LogP contribution in [-0.2, 0) is 7.05 Å². The van der Waals surface area contributed by atoms with E-state index in [-0.39, 0.29) is 5.56 Å². The quantitative estimate of drug-likeness (QED) is 0.693. The Hall–Kier alpha value is -1.88. The van der Waals surface area contributed by atoms with Crippen molar-refractivity contribution in [1.82, 2.24) is 9.55 Å². The van der Waals surface area contributed by atoms with Crippen LogP contribution in [0, 0.1) is 0 Å². The molecular weight excluding hydrogens is 282 g/mol. The zero-order valence-corrected chi connectivity index (χ0v) is 12.8. The van der Waals surface area contributed by atoms with Gasteiger partial charge in [0.25, 0.3) is 5.56 Å². The lowest BCUT2D eigenvalue weighted by Gasteiger charge is -2.26. The lowest BCUT2D eigenvalue weighted by molar-refractivity contribution is 0.576. The molecule has 0 radical (unpaired) electrons. The molecule has 21 heavy (non-hydrogen) atoms. The molecule has 108 valence electrons. The first kappa shape index (κ1) is 12.8. The third-order valence-corrected chi connectivity index (χ3v) is 5.48. The number of para-hydroxylation sites is 1. The molecule has 1 saturated heterocycles. The van der Waals surface area contributed by atoms with E-state index >= 15 is 0 Å². The fourth-order valence-electron chi connectivity index (χ4n) is 3.17. The fraction of sp³-hybridized carbons (Fsp3) is 0.375. The van der Waals surface area contributed by atoms with Crippen molar-refractivity contribution >= 4 is 37.6 Å². The highest BCUT2D eigenvalue weighted by Crippen LogP contribution is 2.32. The third kappa shape index (κ3) is 1.95. The predicted octanol–water partition coefficient (Wildman–Crippen LogP) is 3.14. The van der Waals surface area contributed by atoms with Crippen molar-refractivity contribution in [1.29, 1.82) is 0 Å². The number of benzene rings is 1. The minimum atomic E-state index is -0.0962. The summed E-state index contributed by atoms with van der Waals surface area (Å²) in [6, 6.07) is 8.05. The van der Waals surface area contributed by atoms with Crippen molar-refractivity contribution in [2.45, 2.75) is 19.3 Å². The highest BCUT2D eigenvalue weighted by Gasteiger charge is 2.18. The number of anilines is 1. The Kier molecular flexibility index (Phi) is 2.96. The standard InChI is InChI=1S/C16H17N3OS/c1-18-12-8-4-3-7-11(12)13-14(20)17-16(21-15(13)18)19-9-5-2-6-10-19/h3-4,7-8H,2,5-6,9-10H2,1H3. The number of hydrogen-bond acceptors (Lipinski definition) is 4. The van der Waals surface area contributed by atoms with Gasteiger partial charge in [0.2, 0.25) is 0 Å². The molecule has 0 atom stereocenters. The van der Waals surface area contributed by atoms with Crippen LogP contribution in [0.4, 0.5) is 5.13 Å². The van der Waals surface area contributed by atoms with Gasteiger partial charge in [0.15, 0.2) is 5.13 Å². The number of fused-ring (bicyclic) bond motifs is 3. The summed E-state index contributed by atoms with van der Waals surface area (Å²) < 4.78 is 2.12. The number of hydrogen-bond donors (Lipinski definition) is 0. The van der Waals surface area contributed by atoms with Gasteiger partial charge in [0.1, 0.15) is 4.83 Å². The van der Waals surface area contributed by atoms with Gasteiger partial charge in [-0.1, -0.05) is 29.5 Å². The summed E-state index contributed by atoms with van der Waals surface area (Å²) in [4.78, 5) is 20.2. The van der Waals surface area contributed by atoms with Gasteiger partial charge in [-0.2, -0.15) is 4.98 Å². The summed E-state index contributed by atoms with van der Waals surface area (Å²) in [5, 5.41) is 2.64. The first-order valence-corrected chi connectivity index (χ1v) is 8.20. The van der Waals surface area contributed by atoms with Crippen molar-refractivity contribution in [3.63, 3.8) is 0 Å². The molecule has 0 amide bonds. The van der Waals surface area contributed by atoms with Crippen LogP contribution in [0.5, 0.6) is 0 Å². The Morgan fingerprint density at radius 3 is 2.71 bits per heavy atom. The Labute approximate surface area is 126 Å². The van der Waals surface area contributed by atoms with Crippen LogP contribution in [0.15, 0.2) is 29.1 Å². The normalized spacial score (nSPS) is 16.0. The molecule has 0 aliphatic carbocycles. The second-order valence-corrected chi connectivity index (χ2v) is 6.56. The van der Waals surface area contributed by atoms with Gasteiger partial charge < -0.3 is 9.47 Å². The maximum atomic E-state index is 12.5. The highest BCUT2D eigenvalue weighted by molar-refractivity contribution is 7.21. The van der Waals surface area contributed by atoms with Crippen LogP contribution >= 0.6 is 11.3 Å². The average Bonchev–Trinajstić information content (AvgIpc) is 2.82. The Bertz CT molecular complexity index is 874. The van der Waals surface area contributed by atoms with Crippen molar-refractivity contribution in [2.75, 3.05) is 18.0 Å². The van der Waals surface area contributed by atoms with Gasteiger partial charge in [0.05, 0.1) is 5.39 Å². The maximum absolute atomic E-state index is 12.5. The predicted molar refractivity (Wildman–Crippen MR) is 88.4 cm³/mol. The van der Waals surface area contributed by atoms with Gasteiger partial charge in [0, 0.05) is 31.0 Å². The van der Waals surface area contributed by atoms with Crippen molar-refractivity contribution in [3.8, 4) is 0 Å². The van der Waals surface area contributed by atoms with Gasteiger partial charge in [-0.25, -0.2) is 0 Å². The second-order valence-electron chi connectivity index (χ2n) is 5.61. The Morgan fingerprint density at radius 2 is 1.90 bits per heavy atom.